The van der Waals surface area contributed by atoms with Gasteiger partial charge in [-0.3, -0.25) is 0 Å². The van der Waals surface area contributed by atoms with Gasteiger partial charge in [0.2, 0.25) is 0 Å². The molecule has 0 atom stereocenters. The molecule has 0 spiro atoms. The molecule has 0 heterocycles. The van der Waals surface area contributed by atoms with Crippen LogP contribution in [0, 0.1) is 0 Å². The van der Waals surface area contributed by atoms with Crippen LogP contribution in [0.4, 0.5) is 0 Å². The van der Waals surface area contributed by atoms with E-state index in [2.05, 4.69) is 0 Å². The molecule has 0 aliphatic heterocycles. The summed E-state index contributed by atoms with van der Waals surface area (Å²) in [5.41, 5.74) is 5.22. The zero-order valence-corrected chi connectivity index (χ0v) is 7.08. The molecule has 2 N–H and O–H groups in total. The largest absolute Gasteiger partial charge is 0.378 e. The van der Waals surface area contributed by atoms with Crippen LogP contribution in [0.2, 0.25) is 0 Å². The maximum atomic E-state index is 5.22. The van der Waals surface area contributed by atoms with Crippen LogP contribution in [0.15, 0.2) is 12.2 Å². The average Bonchev–Trinajstić information content (AvgIpc) is 2.03. The number of rotatable bonds is 7. The van der Waals surface area contributed by atoms with Gasteiger partial charge in [0.15, 0.2) is 0 Å². The van der Waals surface area contributed by atoms with Crippen molar-refractivity contribution in [2.24, 2.45) is 5.73 Å². The standard InChI is InChI=1S/C8H17NO2.H2/c1-2-10-6-3-4-7-11-8-5-9;/h3-4H,2,5-9H2,1H3;1H/b4-3-;. The molecule has 3 nitrogen and oxygen atoms in total. The van der Waals surface area contributed by atoms with Crippen LogP contribution in [-0.4, -0.2) is 33.0 Å². The van der Waals surface area contributed by atoms with Crippen LogP contribution >= 0.6 is 0 Å². The molecule has 0 unspecified atom stereocenters. The predicted molar refractivity (Wildman–Crippen MR) is 47.6 cm³/mol. The second-order valence-corrected chi connectivity index (χ2v) is 1.99. The number of nitrogens with two attached hydrogens (primary N) is 1. The Morgan fingerprint density at radius 1 is 1.27 bits per heavy atom. The number of ether oxygens (including phenoxy) is 2. The van der Waals surface area contributed by atoms with E-state index in [-0.39, 0.29) is 1.43 Å². The molecule has 0 aromatic heterocycles. The van der Waals surface area contributed by atoms with Gasteiger partial charge in [-0.05, 0) is 6.92 Å². The van der Waals surface area contributed by atoms with Gasteiger partial charge >= 0.3 is 0 Å². The first-order valence-electron chi connectivity index (χ1n) is 3.92. The molecule has 0 aliphatic carbocycles. The summed E-state index contributed by atoms with van der Waals surface area (Å²) in [4.78, 5) is 0. The number of hydrogen-bond acceptors (Lipinski definition) is 3. The van der Waals surface area contributed by atoms with E-state index in [0.717, 1.165) is 6.61 Å². The van der Waals surface area contributed by atoms with Crippen molar-refractivity contribution < 1.29 is 10.9 Å². The minimum atomic E-state index is 0. The molecular formula is C8H19NO2. The molecule has 0 saturated heterocycles. The Balaban J connectivity index is 0. The molecule has 0 aromatic rings. The first-order valence-corrected chi connectivity index (χ1v) is 3.92. The van der Waals surface area contributed by atoms with Crippen molar-refractivity contribution in [1.29, 1.82) is 0 Å². The lowest BCUT2D eigenvalue weighted by Crippen LogP contribution is -2.08. The zero-order chi connectivity index (χ0) is 8.36. The lowest BCUT2D eigenvalue weighted by Gasteiger charge is -1.96. The van der Waals surface area contributed by atoms with Crippen molar-refractivity contribution in [3.63, 3.8) is 0 Å². The smallest absolute Gasteiger partial charge is 0.0648 e. The Morgan fingerprint density at radius 3 is 2.45 bits per heavy atom. The van der Waals surface area contributed by atoms with E-state index in [1.165, 1.54) is 0 Å². The van der Waals surface area contributed by atoms with E-state index < -0.39 is 0 Å². The third-order valence-corrected chi connectivity index (χ3v) is 1.06. The highest BCUT2D eigenvalue weighted by molar-refractivity contribution is 4.80. The van der Waals surface area contributed by atoms with E-state index >= 15 is 0 Å². The molecule has 3 heteroatoms. The van der Waals surface area contributed by atoms with Gasteiger partial charge in [0.05, 0.1) is 19.8 Å². The van der Waals surface area contributed by atoms with Gasteiger partial charge in [0.1, 0.15) is 0 Å². The summed E-state index contributed by atoms with van der Waals surface area (Å²) in [6.07, 6.45) is 3.88. The molecule has 0 aromatic carbocycles. The van der Waals surface area contributed by atoms with Crippen molar-refractivity contribution in [2.45, 2.75) is 6.92 Å². The Bertz CT molecular complexity index is 99.1. The normalized spacial score (nSPS) is 11.1. The van der Waals surface area contributed by atoms with Crippen LogP contribution < -0.4 is 5.73 Å². The summed E-state index contributed by atoms with van der Waals surface area (Å²) in [6.45, 7) is 5.23. The van der Waals surface area contributed by atoms with Crippen LogP contribution in [-0.2, 0) is 9.47 Å². The minimum absolute atomic E-state index is 0. The molecular weight excluding hydrogens is 142 g/mol. The van der Waals surface area contributed by atoms with E-state index in [1.807, 2.05) is 19.1 Å². The molecule has 0 fully saturated rings. The molecule has 0 amide bonds. The third-order valence-electron chi connectivity index (χ3n) is 1.06. The summed E-state index contributed by atoms with van der Waals surface area (Å²) in [5.74, 6) is 0. The van der Waals surface area contributed by atoms with Crippen LogP contribution in [0.3, 0.4) is 0 Å². The highest BCUT2D eigenvalue weighted by Gasteiger charge is 1.79. The summed E-state index contributed by atoms with van der Waals surface area (Å²) in [5, 5.41) is 0. The zero-order valence-electron chi connectivity index (χ0n) is 7.08. The van der Waals surface area contributed by atoms with E-state index in [4.69, 9.17) is 15.2 Å². The quantitative estimate of drug-likeness (QED) is 0.443. The van der Waals surface area contributed by atoms with Crippen molar-refractivity contribution in [3.8, 4) is 0 Å². The van der Waals surface area contributed by atoms with Gasteiger partial charge in [0, 0.05) is 14.6 Å². The van der Waals surface area contributed by atoms with Gasteiger partial charge < -0.3 is 15.2 Å². The first kappa shape index (κ1) is 10.6. The number of hydrogen-bond donors (Lipinski definition) is 1. The summed E-state index contributed by atoms with van der Waals surface area (Å²) in [7, 11) is 0. The lowest BCUT2D eigenvalue weighted by atomic mass is 10.5. The van der Waals surface area contributed by atoms with Crippen molar-refractivity contribution >= 4 is 0 Å². The Hall–Kier alpha value is -0.380. The fourth-order valence-corrected chi connectivity index (χ4v) is 0.557. The van der Waals surface area contributed by atoms with Crippen LogP contribution in [0.25, 0.3) is 0 Å². The molecule has 0 radical (unpaired) electrons. The van der Waals surface area contributed by atoms with Crippen molar-refractivity contribution in [3.05, 3.63) is 12.2 Å². The lowest BCUT2D eigenvalue weighted by molar-refractivity contribution is 0.164. The second-order valence-electron chi connectivity index (χ2n) is 1.99. The van der Waals surface area contributed by atoms with Crippen molar-refractivity contribution in [2.75, 3.05) is 33.0 Å². The van der Waals surface area contributed by atoms with Gasteiger partial charge in [-0.15, -0.1) is 0 Å². The Labute approximate surface area is 69.7 Å². The van der Waals surface area contributed by atoms with Crippen molar-refractivity contribution in [1.82, 2.24) is 0 Å². The average molecular weight is 161 g/mol. The van der Waals surface area contributed by atoms with E-state index in [9.17, 15) is 0 Å². The maximum Gasteiger partial charge on any atom is 0.0648 e. The summed E-state index contributed by atoms with van der Waals surface area (Å²) < 4.78 is 10.2. The molecule has 0 bridgehead atoms. The summed E-state index contributed by atoms with van der Waals surface area (Å²) in [6, 6.07) is 0. The fourth-order valence-electron chi connectivity index (χ4n) is 0.557. The highest BCUT2D eigenvalue weighted by atomic mass is 16.5. The second kappa shape index (κ2) is 9.62. The Morgan fingerprint density at radius 2 is 1.91 bits per heavy atom. The molecule has 0 rings (SSSR count). The Kier molecular flexibility index (Phi) is 9.29. The van der Waals surface area contributed by atoms with Crippen LogP contribution in [0.1, 0.15) is 8.35 Å². The topological polar surface area (TPSA) is 44.5 Å². The van der Waals surface area contributed by atoms with Gasteiger partial charge in [-0.1, -0.05) is 12.2 Å². The van der Waals surface area contributed by atoms with Gasteiger partial charge in [-0.25, -0.2) is 0 Å². The highest BCUT2D eigenvalue weighted by Crippen LogP contribution is 1.79. The van der Waals surface area contributed by atoms with Crippen LogP contribution in [0.5, 0.6) is 0 Å². The maximum absolute atomic E-state index is 5.22. The third kappa shape index (κ3) is 9.62. The SMILES string of the molecule is CCOC/C=C\COCCN.[HH]. The first-order chi connectivity index (χ1) is 5.41. The monoisotopic (exact) mass is 161 g/mol. The fraction of sp³-hybridized carbons (Fsp3) is 0.750. The molecule has 0 saturated carbocycles. The predicted octanol–water partition coefficient (Wildman–Crippen LogP) is 0.800. The minimum Gasteiger partial charge on any atom is -0.378 e. The van der Waals surface area contributed by atoms with Gasteiger partial charge in [-0.2, -0.15) is 0 Å². The molecule has 11 heavy (non-hydrogen) atoms. The van der Waals surface area contributed by atoms with E-state index in [0.29, 0.717) is 26.4 Å². The molecule has 0 aliphatic rings. The van der Waals surface area contributed by atoms with E-state index in [1.54, 1.807) is 0 Å². The summed E-state index contributed by atoms with van der Waals surface area (Å²) >= 11 is 0. The van der Waals surface area contributed by atoms with Gasteiger partial charge in [0.25, 0.3) is 0 Å². The molecule has 68 valence electrons.